The summed E-state index contributed by atoms with van der Waals surface area (Å²) in [7, 11) is 0. The Labute approximate surface area is 220 Å². The van der Waals surface area contributed by atoms with E-state index in [1.807, 2.05) is 6.07 Å². The minimum Gasteiger partial charge on any atom is -0.480 e. The Hall–Kier alpha value is -4.68. The van der Waals surface area contributed by atoms with Gasteiger partial charge in [-0.3, -0.25) is 10.1 Å². The quantitative estimate of drug-likeness (QED) is 0.242. The van der Waals surface area contributed by atoms with Crippen LogP contribution in [-0.2, 0) is 14.9 Å². The highest BCUT2D eigenvalue weighted by atomic mass is 35.5. The first-order chi connectivity index (χ1) is 18.3. The van der Waals surface area contributed by atoms with E-state index in [-0.39, 0.29) is 23.0 Å². The molecule has 1 fully saturated rings. The lowest BCUT2D eigenvalue weighted by Gasteiger charge is -2.15. The van der Waals surface area contributed by atoms with E-state index >= 15 is 0 Å². The SMILES string of the molecule is CC(OC(=O)Nc1c(C#Cc2cc3cc(C4(C(=O)O)CC4)oc3o2)oc2ncccc12)c1ccccc1Cl. The standard InChI is InChI=1S/C28H19ClN2O7/c1-15(18-5-2-3-7-20(18)29)35-27(34)31-23-19-6-4-12-30-24(19)37-21(23)9-8-17-13-16-14-22(38-25(16)36-17)28(10-11-28)26(32)33/h2-7,12-15H,10-11H2,1H3,(H,31,34)(H,32,33). The van der Waals surface area contributed by atoms with Crippen LogP contribution in [0.4, 0.5) is 10.5 Å². The molecular formula is C28H19ClN2O7. The van der Waals surface area contributed by atoms with Crippen LogP contribution in [0.15, 0.2) is 68.0 Å². The Kier molecular flexibility index (Phi) is 5.62. The normalized spacial score (nSPS) is 14.6. The summed E-state index contributed by atoms with van der Waals surface area (Å²) in [5.74, 6) is 5.81. The van der Waals surface area contributed by atoms with Gasteiger partial charge in [0.1, 0.15) is 23.0 Å². The summed E-state index contributed by atoms with van der Waals surface area (Å²) < 4.78 is 22.6. The predicted octanol–water partition coefficient (Wildman–Crippen LogP) is 6.65. The van der Waals surface area contributed by atoms with Gasteiger partial charge in [0.15, 0.2) is 5.76 Å². The van der Waals surface area contributed by atoms with Gasteiger partial charge >= 0.3 is 12.1 Å². The largest absolute Gasteiger partial charge is 0.480 e. The zero-order chi connectivity index (χ0) is 26.4. The summed E-state index contributed by atoms with van der Waals surface area (Å²) in [6, 6.07) is 13.9. The second kappa shape index (κ2) is 9.01. The van der Waals surface area contributed by atoms with Crippen LogP contribution < -0.4 is 5.32 Å². The van der Waals surface area contributed by atoms with E-state index in [0.717, 1.165) is 0 Å². The number of nitrogens with one attached hydrogen (secondary N) is 1. The molecule has 2 N–H and O–H groups in total. The predicted molar refractivity (Wildman–Crippen MR) is 137 cm³/mol. The molecule has 1 unspecified atom stereocenters. The number of carbonyl (C=O) groups is 2. The molecule has 0 spiro atoms. The number of benzene rings is 1. The van der Waals surface area contributed by atoms with E-state index in [1.165, 1.54) is 0 Å². The topological polar surface area (TPSA) is 128 Å². The average Bonchev–Trinajstić information content (AvgIpc) is 3.32. The summed E-state index contributed by atoms with van der Waals surface area (Å²) in [4.78, 5) is 28.5. The lowest BCUT2D eigenvalue weighted by atomic mass is 10.0. The number of nitrogens with zero attached hydrogens (tertiary/aromatic N) is 1. The summed E-state index contributed by atoms with van der Waals surface area (Å²) in [6.07, 6.45) is 1.30. The molecule has 10 heteroatoms. The lowest BCUT2D eigenvalue weighted by molar-refractivity contribution is -0.140. The van der Waals surface area contributed by atoms with Crippen molar-refractivity contribution in [3.8, 4) is 11.8 Å². The second-order valence-corrected chi connectivity index (χ2v) is 9.36. The van der Waals surface area contributed by atoms with Crippen LogP contribution in [0.25, 0.3) is 22.3 Å². The number of hydrogen-bond donors (Lipinski definition) is 2. The van der Waals surface area contributed by atoms with Crippen molar-refractivity contribution in [2.24, 2.45) is 0 Å². The maximum absolute atomic E-state index is 12.8. The molecule has 4 heterocycles. The maximum Gasteiger partial charge on any atom is 0.412 e. The maximum atomic E-state index is 12.8. The molecule has 1 saturated carbocycles. The van der Waals surface area contributed by atoms with Gasteiger partial charge in [-0.1, -0.05) is 29.8 Å². The number of aliphatic carboxylic acids is 1. The van der Waals surface area contributed by atoms with Crippen LogP contribution in [0.1, 0.15) is 48.7 Å². The monoisotopic (exact) mass is 530 g/mol. The Balaban J connectivity index is 1.26. The first-order valence-electron chi connectivity index (χ1n) is 11.7. The number of amides is 1. The fourth-order valence-electron chi connectivity index (χ4n) is 4.25. The molecule has 0 bridgehead atoms. The van der Waals surface area contributed by atoms with E-state index in [2.05, 4.69) is 22.1 Å². The third-order valence-corrected chi connectivity index (χ3v) is 6.81. The lowest BCUT2D eigenvalue weighted by Crippen LogP contribution is -2.18. The number of aromatic nitrogens is 1. The molecule has 1 aromatic carbocycles. The van der Waals surface area contributed by atoms with Crippen molar-refractivity contribution in [2.45, 2.75) is 31.3 Å². The van der Waals surface area contributed by atoms with Gasteiger partial charge in [-0.05, 0) is 55.9 Å². The molecule has 5 aromatic rings. The van der Waals surface area contributed by atoms with E-state index in [1.54, 1.807) is 55.6 Å². The van der Waals surface area contributed by atoms with E-state index in [9.17, 15) is 14.7 Å². The number of rotatable bonds is 5. The molecule has 6 rings (SSSR count). The molecule has 4 aromatic heterocycles. The average molecular weight is 531 g/mol. The van der Waals surface area contributed by atoms with Crippen molar-refractivity contribution in [3.63, 3.8) is 0 Å². The molecule has 1 aliphatic carbocycles. The zero-order valence-corrected chi connectivity index (χ0v) is 20.7. The van der Waals surface area contributed by atoms with Gasteiger partial charge in [-0.2, -0.15) is 0 Å². The number of anilines is 1. The molecule has 190 valence electrons. The summed E-state index contributed by atoms with van der Waals surface area (Å²) in [5, 5.41) is 13.8. The Morgan fingerprint density at radius 3 is 2.68 bits per heavy atom. The molecule has 1 amide bonds. The number of carbonyl (C=O) groups excluding carboxylic acids is 1. The van der Waals surface area contributed by atoms with Crippen molar-refractivity contribution in [3.05, 3.63) is 82.6 Å². The third kappa shape index (κ3) is 4.15. The summed E-state index contributed by atoms with van der Waals surface area (Å²) in [6.45, 7) is 1.72. The van der Waals surface area contributed by atoms with E-state index in [0.29, 0.717) is 45.6 Å². The van der Waals surface area contributed by atoms with Gasteiger partial charge in [-0.15, -0.1) is 0 Å². The molecule has 1 atom stereocenters. The number of fused-ring (bicyclic) bond motifs is 2. The first-order valence-corrected chi connectivity index (χ1v) is 12.1. The fourth-order valence-corrected chi connectivity index (χ4v) is 4.54. The molecule has 9 nitrogen and oxygen atoms in total. The smallest absolute Gasteiger partial charge is 0.412 e. The first kappa shape index (κ1) is 23.7. The summed E-state index contributed by atoms with van der Waals surface area (Å²) in [5.41, 5.74) is 0.288. The van der Waals surface area contributed by atoms with Crippen molar-refractivity contribution < 1.29 is 32.7 Å². The van der Waals surface area contributed by atoms with Crippen LogP contribution >= 0.6 is 11.6 Å². The highest BCUT2D eigenvalue weighted by Gasteiger charge is 2.54. The van der Waals surface area contributed by atoms with Gasteiger partial charge in [0.05, 0.1) is 10.8 Å². The fraction of sp³-hybridized carbons (Fsp3) is 0.179. The minimum absolute atomic E-state index is 0.151. The van der Waals surface area contributed by atoms with Gasteiger partial charge < -0.3 is 23.1 Å². The van der Waals surface area contributed by atoms with E-state index in [4.69, 9.17) is 29.6 Å². The van der Waals surface area contributed by atoms with Crippen molar-refractivity contribution in [1.82, 2.24) is 4.98 Å². The van der Waals surface area contributed by atoms with Crippen molar-refractivity contribution in [1.29, 1.82) is 0 Å². The zero-order valence-electron chi connectivity index (χ0n) is 19.9. The van der Waals surface area contributed by atoms with Crippen LogP contribution in [0.2, 0.25) is 5.02 Å². The third-order valence-electron chi connectivity index (χ3n) is 6.46. The second-order valence-electron chi connectivity index (χ2n) is 8.96. The number of halogens is 1. The molecule has 38 heavy (non-hydrogen) atoms. The van der Waals surface area contributed by atoms with Gasteiger partial charge in [0.25, 0.3) is 5.78 Å². The number of carboxylic acid groups (broad SMARTS) is 1. The van der Waals surface area contributed by atoms with Crippen LogP contribution in [0.5, 0.6) is 0 Å². The molecule has 0 aliphatic heterocycles. The Morgan fingerprint density at radius 2 is 1.95 bits per heavy atom. The van der Waals surface area contributed by atoms with Crippen LogP contribution in [-0.4, -0.2) is 22.2 Å². The minimum atomic E-state index is -0.965. The molecule has 0 radical (unpaired) electrons. The highest BCUT2D eigenvalue weighted by Crippen LogP contribution is 2.50. The van der Waals surface area contributed by atoms with Gasteiger partial charge in [-0.25, -0.2) is 9.78 Å². The molecule has 1 aliphatic rings. The number of hydrogen-bond acceptors (Lipinski definition) is 7. The Morgan fingerprint density at radius 1 is 1.13 bits per heavy atom. The highest BCUT2D eigenvalue weighted by molar-refractivity contribution is 6.31. The number of carboxylic acids is 1. The van der Waals surface area contributed by atoms with Crippen molar-refractivity contribution >= 4 is 51.6 Å². The van der Waals surface area contributed by atoms with Gasteiger partial charge in [0.2, 0.25) is 11.5 Å². The molecular weight excluding hydrogens is 512 g/mol. The number of pyridine rings is 1. The van der Waals surface area contributed by atoms with Gasteiger partial charge in [0, 0.05) is 22.8 Å². The summed E-state index contributed by atoms with van der Waals surface area (Å²) >= 11 is 6.22. The van der Waals surface area contributed by atoms with Crippen LogP contribution in [0.3, 0.4) is 0 Å². The number of ether oxygens (including phenoxy) is 1. The van der Waals surface area contributed by atoms with Crippen LogP contribution in [0, 0.1) is 11.8 Å². The van der Waals surface area contributed by atoms with Crippen molar-refractivity contribution in [2.75, 3.05) is 5.32 Å². The van der Waals surface area contributed by atoms with E-state index < -0.39 is 23.6 Å². The molecule has 0 saturated heterocycles. The Bertz CT molecular complexity index is 1750. The number of furan rings is 3.